The van der Waals surface area contributed by atoms with Crippen LogP contribution in [0.25, 0.3) is 0 Å². The Labute approximate surface area is 116 Å². The topological polar surface area (TPSA) is 34.1 Å². The minimum atomic E-state index is -0.508. The van der Waals surface area contributed by atoms with Crippen LogP contribution in [0.2, 0.25) is 0 Å². The molecule has 0 aromatic heterocycles. The van der Waals surface area contributed by atoms with Gasteiger partial charge in [-0.15, -0.1) is 0 Å². The number of hydrogen-bond acceptors (Lipinski definition) is 2. The molecule has 2 nitrogen and oxygen atoms in total. The summed E-state index contributed by atoms with van der Waals surface area (Å²) in [4.78, 5) is 24.3. The molecular formula is C15H14ClFO2. The van der Waals surface area contributed by atoms with Crippen molar-refractivity contribution in [3.8, 4) is 0 Å². The van der Waals surface area contributed by atoms with Crippen LogP contribution in [-0.2, 0) is 4.79 Å². The van der Waals surface area contributed by atoms with Crippen LogP contribution < -0.4 is 0 Å². The van der Waals surface area contributed by atoms with Crippen LogP contribution in [0.3, 0.4) is 0 Å². The molecule has 0 amide bonds. The minimum absolute atomic E-state index is 0.00610. The molecule has 1 aliphatic carbocycles. The van der Waals surface area contributed by atoms with Gasteiger partial charge in [0.25, 0.3) is 0 Å². The molecule has 0 spiro atoms. The summed E-state index contributed by atoms with van der Waals surface area (Å²) in [5, 5.41) is 0.274. The molecule has 19 heavy (non-hydrogen) atoms. The van der Waals surface area contributed by atoms with E-state index in [2.05, 4.69) is 0 Å². The maximum Gasteiger partial charge on any atom is 0.197 e. The zero-order valence-electron chi connectivity index (χ0n) is 10.8. The van der Waals surface area contributed by atoms with E-state index in [-0.39, 0.29) is 33.8 Å². The second-order valence-corrected chi connectivity index (χ2v) is 6.02. The Balaban J connectivity index is 2.41. The van der Waals surface area contributed by atoms with Crippen molar-refractivity contribution < 1.29 is 14.0 Å². The molecule has 100 valence electrons. The predicted octanol–water partition coefficient (Wildman–Crippen LogP) is 3.89. The summed E-state index contributed by atoms with van der Waals surface area (Å²) in [6.07, 6.45) is 0.760. The Kier molecular flexibility index (Phi) is 3.59. The fourth-order valence-corrected chi connectivity index (χ4v) is 2.82. The van der Waals surface area contributed by atoms with E-state index in [1.54, 1.807) is 0 Å². The molecule has 4 heteroatoms. The molecule has 1 aromatic carbocycles. The first kappa shape index (κ1) is 13.9. The first-order valence-electron chi connectivity index (χ1n) is 6.02. The summed E-state index contributed by atoms with van der Waals surface area (Å²) in [6.45, 7) is 3.85. The van der Waals surface area contributed by atoms with Crippen molar-refractivity contribution in [2.75, 3.05) is 0 Å². The molecule has 0 fully saturated rings. The van der Waals surface area contributed by atoms with Crippen molar-refractivity contribution in [1.82, 2.24) is 0 Å². The van der Waals surface area contributed by atoms with Crippen molar-refractivity contribution >= 4 is 23.2 Å². The lowest BCUT2D eigenvalue weighted by atomic mass is 9.76. The number of halogens is 2. The van der Waals surface area contributed by atoms with Gasteiger partial charge in [0.05, 0.1) is 5.57 Å². The molecule has 0 N–H and O–H groups in total. The summed E-state index contributed by atoms with van der Waals surface area (Å²) >= 11 is 6.09. The highest BCUT2D eigenvalue weighted by Crippen LogP contribution is 2.39. The van der Waals surface area contributed by atoms with E-state index >= 15 is 0 Å². The Morgan fingerprint density at radius 1 is 1.32 bits per heavy atom. The molecule has 0 atom stereocenters. The maximum atomic E-state index is 13.1. The summed E-state index contributed by atoms with van der Waals surface area (Å²) < 4.78 is 13.1. The van der Waals surface area contributed by atoms with Gasteiger partial charge in [-0.25, -0.2) is 4.39 Å². The number of hydrogen-bond donors (Lipinski definition) is 0. The normalized spacial score (nSPS) is 18.6. The lowest BCUT2D eigenvalue weighted by molar-refractivity contribution is -0.117. The quantitative estimate of drug-likeness (QED) is 0.608. The number of ketones is 2. The zero-order valence-corrected chi connectivity index (χ0v) is 11.6. The number of carbonyl (C=O) groups is 2. The highest BCUT2D eigenvalue weighted by Gasteiger charge is 2.35. The van der Waals surface area contributed by atoms with Crippen LogP contribution in [0.15, 0.2) is 34.9 Å². The summed E-state index contributed by atoms with van der Waals surface area (Å²) in [5.41, 5.74) is -0.0762. The molecule has 0 bridgehead atoms. The zero-order chi connectivity index (χ0) is 14.2. The standard InChI is InChI=1S/C15H14ClFO2/c1-15(2)7-11(16)13(12(18)8-15)14(19)9-4-3-5-10(17)6-9/h3-6H,7-8H2,1-2H3. The molecule has 0 heterocycles. The van der Waals surface area contributed by atoms with E-state index in [0.29, 0.717) is 6.42 Å². The van der Waals surface area contributed by atoms with Crippen molar-refractivity contribution in [3.63, 3.8) is 0 Å². The van der Waals surface area contributed by atoms with Gasteiger partial charge >= 0.3 is 0 Å². The number of rotatable bonds is 2. The molecule has 0 saturated carbocycles. The number of Topliss-reactive ketones (excluding diaryl/α,β-unsaturated/α-hetero) is 2. The van der Waals surface area contributed by atoms with Crippen molar-refractivity contribution in [2.45, 2.75) is 26.7 Å². The van der Waals surface area contributed by atoms with Gasteiger partial charge in [0, 0.05) is 17.0 Å². The summed E-state index contributed by atoms with van der Waals surface area (Å²) in [5.74, 6) is -1.27. The first-order valence-corrected chi connectivity index (χ1v) is 6.40. The first-order chi connectivity index (χ1) is 8.80. The Hall–Kier alpha value is -1.48. The van der Waals surface area contributed by atoms with Gasteiger partial charge in [0.2, 0.25) is 0 Å². The summed E-state index contributed by atoms with van der Waals surface area (Å²) in [7, 11) is 0. The monoisotopic (exact) mass is 280 g/mol. The van der Waals surface area contributed by atoms with Crippen LogP contribution in [0.5, 0.6) is 0 Å². The highest BCUT2D eigenvalue weighted by molar-refractivity contribution is 6.39. The fourth-order valence-electron chi connectivity index (χ4n) is 2.27. The van der Waals surface area contributed by atoms with E-state index in [1.807, 2.05) is 13.8 Å². The lowest BCUT2D eigenvalue weighted by Crippen LogP contribution is -2.28. The Morgan fingerprint density at radius 2 is 2.00 bits per heavy atom. The number of carbonyl (C=O) groups excluding carboxylic acids is 2. The molecular weight excluding hydrogens is 267 g/mol. The third-order valence-electron chi connectivity index (χ3n) is 3.14. The molecule has 1 aliphatic rings. The van der Waals surface area contributed by atoms with Gasteiger partial charge < -0.3 is 0 Å². The fraction of sp³-hybridized carbons (Fsp3) is 0.333. The molecule has 0 unspecified atom stereocenters. The molecule has 0 saturated heterocycles. The van der Waals surface area contributed by atoms with Gasteiger partial charge in [-0.1, -0.05) is 37.6 Å². The third-order valence-corrected chi connectivity index (χ3v) is 3.46. The average molecular weight is 281 g/mol. The SMILES string of the molecule is CC1(C)CC(=O)C(C(=O)c2cccc(F)c2)=C(Cl)C1. The third kappa shape index (κ3) is 2.92. The predicted molar refractivity (Wildman–Crippen MR) is 71.6 cm³/mol. The van der Waals surface area contributed by atoms with Crippen LogP contribution in [0.4, 0.5) is 4.39 Å². The number of allylic oxidation sites excluding steroid dienone is 2. The molecule has 0 radical (unpaired) electrons. The van der Waals surface area contributed by atoms with Crippen molar-refractivity contribution in [3.05, 3.63) is 46.3 Å². The molecule has 1 aromatic rings. The molecule has 2 rings (SSSR count). The van der Waals surface area contributed by atoms with E-state index in [0.717, 1.165) is 6.07 Å². The van der Waals surface area contributed by atoms with Gasteiger partial charge in [0.15, 0.2) is 11.6 Å². The van der Waals surface area contributed by atoms with Crippen molar-refractivity contribution in [1.29, 1.82) is 0 Å². The second kappa shape index (κ2) is 4.89. The average Bonchev–Trinajstić information content (AvgIpc) is 2.25. The van der Waals surface area contributed by atoms with E-state index in [9.17, 15) is 14.0 Å². The summed E-state index contributed by atoms with van der Waals surface area (Å²) in [6, 6.07) is 5.29. The Bertz CT molecular complexity index is 588. The van der Waals surface area contributed by atoms with Crippen LogP contribution >= 0.6 is 11.6 Å². The highest BCUT2D eigenvalue weighted by atomic mass is 35.5. The molecule has 0 aliphatic heterocycles. The smallest absolute Gasteiger partial charge is 0.197 e. The van der Waals surface area contributed by atoms with Crippen LogP contribution in [0, 0.1) is 11.2 Å². The Morgan fingerprint density at radius 3 is 2.58 bits per heavy atom. The van der Waals surface area contributed by atoms with Gasteiger partial charge in [-0.2, -0.15) is 0 Å². The van der Waals surface area contributed by atoms with Crippen molar-refractivity contribution in [2.24, 2.45) is 5.41 Å². The van der Waals surface area contributed by atoms with E-state index in [1.165, 1.54) is 18.2 Å². The largest absolute Gasteiger partial charge is 0.294 e. The lowest BCUT2D eigenvalue weighted by Gasteiger charge is -2.29. The van der Waals surface area contributed by atoms with Gasteiger partial charge in [-0.05, 0) is 24.0 Å². The van der Waals surface area contributed by atoms with Crippen LogP contribution in [-0.4, -0.2) is 11.6 Å². The second-order valence-electron chi connectivity index (χ2n) is 5.56. The van der Waals surface area contributed by atoms with Gasteiger partial charge in [0.1, 0.15) is 5.82 Å². The minimum Gasteiger partial charge on any atom is -0.294 e. The maximum absolute atomic E-state index is 13.1. The van der Waals surface area contributed by atoms with E-state index in [4.69, 9.17) is 11.6 Å². The van der Waals surface area contributed by atoms with Crippen LogP contribution in [0.1, 0.15) is 37.0 Å². The number of benzene rings is 1. The van der Waals surface area contributed by atoms with E-state index < -0.39 is 11.6 Å². The van der Waals surface area contributed by atoms with Gasteiger partial charge in [-0.3, -0.25) is 9.59 Å².